The summed E-state index contributed by atoms with van der Waals surface area (Å²) in [5, 5.41) is 0. The number of aromatic nitrogens is 2. The third kappa shape index (κ3) is 4.53. The molecule has 0 atom stereocenters. The van der Waals surface area contributed by atoms with Gasteiger partial charge in [-0.15, -0.1) is 0 Å². The highest BCUT2D eigenvalue weighted by atomic mass is 19.1. The van der Waals surface area contributed by atoms with E-state index in [1.165, 1.54) is 25.3 Å². The van der Waals surface area contributed by atoms with E-state index in [4.69, 9.17) is 0 Å². The van der Waals surface area contributed by atoms with Crippen LogP contribution in [0.2, 0.25) is 0 Å². The van der Waals surface area contributed by atoms with E-state index in [1.807, 2.05) is 40.1 Å². The van der Waals surface area contributed by atoms with Crippen molar-refractivity contribution < 1.29 is 9.18 Å². The summed E-state index contributed by atoms with van der Waals surface area (Å²) in [5.41, 5.74) is 3.07. The van der Waals surface area contributed by atoms with Gasteiger partial charge in [0.05, 0.1) is 5.69 Å². The van der Waals surface area contributed by atoms with Crippen LogP contribution >= 0.6 is 0 Å². The Kier molecular flexibility index (Phi) is 6.19. The van der Waals surface area contributed by atoms with E-state index in [0.717, 1.165) is 30.2 Å². The molecule has 3 aromatic rings. The highest BCUT2D eigenvalue weighted by molar-refractivity contribution is 5.95. The number of rotatable bonds is 4. The summed E-state index contributed by atoms with van der Waals surface area (Å²) in [6, 6.07) is 14.5. The standard InChI is InChI=1S/C26H28FN5O/c27-22-6-2-3-7-23(22)30-16-18-32(19-17-30)26(33)21-10-8-20(9-11-21)24-25(29-13-12-28-24)31-14-4-1-5-15-31/h2-3,6-13H,1,4-5,14-19H2. The van der Waals surface area contributed by atoms with Gasteiger partial charge in [-0.3, -0.25) is 9.78 Å². The van der Waals surface area contributed by atoms with Crippen LogP contribution in [0, 0.1) is 5.82 Å². The van der Waals surface area contributed by atoms with Crippen LogP contribution in [-0.2, 0) is 0 Å². The summed E-state index contributed by atoms with van der Waals surface area (Å²) in [5.74, 6) is 0.700. The number of para-hydroxylation sites is 1. The lowest BCUT2D eigenvalue weighted by Gasteiger charge is -2.36. The van der Waals surface area contributed by atoms with E-state index in [9.17, 15) is 9.18 Å². The van der Waals surface area contributed by atoms with Crippen molar-refractivity contribution in [1.29, 1.82) is 0 Å². The number of halogens is 1. The number of piperidine rings is 1. The zero-order chi connectivity index (χ0) is 22.6. The molecule has 5 rings (SSSR count). The molecule has 0 N–H and O–H groups in total. The van der Waals surface area contributed by atoms with Crippen molar-refractivity contribution in [1.82, 2.24) is 14.9 Å². The van der Waals surface area contributed by atoms with Crippen LogP contribution in [0.15, 0.2) is 60.9 Å². The second kappa shape index (κ2) is 9.57. The summed E-state index contributed by atoms with van der Waals surface area (Å²) in [6.45, 7) is 4.37. The Morgan fingerprint density at radius 2 is 1.45 bits per heavy atom. The number of hydrogen-bond donors (Lipinski definition) is 0. The Hall–Kier alpha value is -3.48. The molecule has 0 radical (unpaired) electrons. The van der Waals surface area contributed by atoms with E-state index < -0.39 is 0 Å². The van der Waals surface area contributed by atoms with Crippen LogP contribution in [0.1, 0.15) is 29.6 Å². The third-order valence-corrected chi connectivity index (χ3v) is 6.50. The lowest BCUT2D eigenvalue weighted by molar-refractivity contribution is 0.0746. The summed E-state index contributed by atoms with van der Waals surface area (Å²) >= 11 is 0. The lowest BCUT2D eigenvalue weighted by atomic mass is 10.1. The smallest absolute Gasteiger partial charge is 0.253 e. The van der Waals surface area contributed by atoms with Crippen molar-refractivity contribution in [3.8, 4) is 11.3 Å². The number of benzene rings is 2. The fourth-order valence-corrected chi connectivity index (χ4v) is 4.68. The van der Waals surface area contributed by atoms with Crippen molar-refractivity contribution in [3.05, 3.63) is 72.3 Å². The molecular weight excluding hydrogens is 417 g/mol. The molecule has 2 aromatic carbocycles. The zero-order valence-corrected chi connectivity index (χ0v) is 18.7. The first kappa shape index (κ1) is 21.4. The number of amides is 1. The Morgan fingerprint density at radius 1 is 0.758 bits per heavy atom. The molecule has 0 spiro atoms. The van der Waals surface area contributed by atoms with E-state index in [0.29, 0.717) is 37.4 Å². The predicted molar refractivity (Wildman–Crippen MR) is 128 cm³/mol. The zero-order valence-electron chi connectivity index (χ0n) is 18.7. The number of nitrogens with zero attached hydrogens (tertiary/aromatic N) is 5. The second-order valence-corrected chi connectivity index (χ2v) is 8.58. The molecule has 3 heterocycles. The minimum atomic E-state index is -0.221. The first-order valence-electron chi connectivity index (χ1n) is 11.7. The van der Waals surface area contributed by atoms with Crippen molar-refractivity contribution in [2.24, 2.45) is 0 Å². The molecule has 1 amide bonds. The molecule has 2 aliphatic heterocycles. The SMILES string of the molecule is O=C(c1ccc(-c2nccnc2N2CCCCC2)cc1)N1CCN(c2ccccc2F)CC1. The highest BCUT2D eigenvalue weighted by Crippen LogP contribution is 2.29. The van der Waals surface area contributed by atoms with Gasteiger partial charge in [0.15, 0.2) is 5.82 Å². The molecule has 170 valence electrons. The summed E-state index contributed by atoms with van der Waals surface area (Å²) in [6.07, 6.45) is 7.07. The van der Waals surface area contributed by atoms with Crippen molar-refractivity contribution in [2.75, 3.05) is 49.1 Å². The van der Waals surface area contributed by atoms with Crippen LogP contribution in [0.5, 0.6) is 0 Å². The average molecular weight is 446 g/mol. The van der Waals surface area contributed by atoms with Gasteiger partial charge in [0.2, 0.25) is 0 Å². The molecule has 0 saturated carbocycles. The normalized spacial score (nSPS) is 16.7. The molecule has 2 saturated heterocycles. The predicted octanol–water partition coefficient (Wildman–Crippen LogP) is 4.24. The van der Waals surface area contributed by atoms with E-state index >= 15 is 0 Å². The van der Waals surface area contributed by atoms with Crippen LogP contribution in [-0.4, -0.2) is 60.0 Å². The number of piperazine rings is 1. The molecule has 2 fully saturated rings. The van der Waals surface area contributed by atoms with Crippen molar-refractivity contribution in [2.45, 2.75) is 19.3 Å². The van der Waals surface area contributed by atoms with E-state index in [2.05, 4.69) is 14.9 Å². The summed E-state index contributed by atoms with van der Waals surface area (Å²) < 4.78 is 14.1. The van der Waals surface area contributed by atoms with Crippen LogP contribution in [0.25, 0.3) is 11.3 Å². The highest BCUT2D eigenvalue weighted by Gasteiger charge is 2.24. The summed E-state index contributed by atoms with van der Waals surface area (Å²) in [4.78, 5) is 28.4. The van der Waals surface area contributed by atoms with Gasteiger partial charge in [0.1, 0.15) is 11.5 Å². The third-order valence-electron chi connectivity index (χ3n) is 6.50. The molecule has 2 aliphatic rings. The summed E-state index contributed by atoms with van der Waals surface area (Å²) in [7, 11) is 0. The molecule has 33 heavy (non-hydrogen) atoms. The Bertz CT molecular complexity index is 1110. The number of anilines is 2. The topological polar surface area (TPSA) is 52.6 Å². The molecule has 6 nitrogen and oxygen atoms in total. The molecule has 0 unspecified atom stereocenters. The van der Waals surface area contributed by atoms with Gasteiger partial charge in [-0.1, -0.05) is 24.3 Å². The minimum absolute atomic E-state index is 0.00475. The maximum absolute atomic E-state index is 14.1. The Morgan fingerprint density at radius 3 is 2.18 bits per heavy atom. The lowest BCUT2D eigenvalue weighted by Crippen LogP contribution is -2.49. The molecule has 0 aliphatic carbocycles. The number of carbonyl (C=O) groups excluding carboxylic acids is 1. The van der Waals surface area contributed by atoms with Gasteiger partial charge in [-0.2, -0.15) is 0 Å². The van der Waals surface area contributed by atoms with Crippen molar-refractivity contribution >= 4 is 17.4 Å². The monoisotopic (exact) mass is 445 g/mol. The van der Waals surface area contributed by atoms with Gasteiger partial charge >= 0.3 is 0 Å². The first-order chi connectivity index (χ1) is 16.2. The minimum Gasteiger partial charge on any atom is -0.366 e. The molecule has 7 heteroatoms. The molecular formula is C26H28FN5O. The van der Waals surface area contributed by atoms with Crippen LogP contribution in [0.4, 0.5) is 15.9 Å². The average Bonchev–Trinajstić information content (AvgIpc) is 2.89. The van der Waals surface area contributed by atoms with E-state index in [-0.39, 0.29) is 11.7 Å². The van der Waals surface area contributed by atoms with Crippen LogP contribution < -0.4 is 9.80 Å². The number of hydrogen-bond acceptors (Lipinski definition) is 5. The van der Waals surface area contributed by atoms with Gasteiger partial charge in [0, 0.05) is 62.8 Å². The first-order valence-corrected chi connectivity index (χ1v) is 11.7. The van der Waals surface area contributed by atoms with Gasteiger partial charge < -0.3 is 14.7 Å². The van der Waals surface area contributed by atoms with Crippen molar-refractivity contribution in [3.63, 3.8) is 0 Å². The second-order valence-electron chi connectivity index (χ2n) is 8.58. The maximum atomic E-state index is 14.1. The largest absolute Gasteiger partial charge is 0.366 e. The number of carbonyl (C=O) groups is 1. The maximum Gasteiger partial charge on any atom is 0.253 e. The van der Waals surface area contributed by atoms with Gasteiger partial charge in [-0.05, 0) is 43.5 Å². The fraction of sp³-hybridized carbons (Fsp3) is 0.346. The van der Waals surface area contributed by atoms with Gasteiger partial charge in [-0.25, -0.2) is 9.37 Å². The van der Waals surface area contributed by atoms with Gasteiger partial charge in [0.25, 0.3) is 5.91 Å². The molecule has 0 bridgehead atoms. The Labute approximate surface area is 193 Å². The Balaban J connectivity index is 1.27. The fourth-order valence-electron chi connectivity index (χ4n) is 4.68. The van der Waals surface area contributed by atoms with Crippen LogP contribution in [0.3, 0.4) is 0 Å². The molecule has 1 aromatic heterocycles. The van der Waals surface area contributed by atoms with E-state index in [1.54, 1.807) is 24.5 Å². The quantitative estimate of drug-likeness (QED) is 0.601.